The molecule has 8 aromatic rings. The van der Waals surface area contributed by atoms with Crippen LogP contribution < -0.4 is 4.90 Å². The molecule has 0 aliphatic heterocycles. The predicted molar refractivity (Wildman–Crippen MR) is 190 cm³/mol. The van der Waals surface area contributed by atoms with E-state index in [9.17, 15) is 10.1 Å². The Balaban J connectivity index is 1.36. The summed E-state index contributed by atoms with van der Waals surface area (Å²) < 4.78 is 2.33. The second kappa shape index (κ2) is 11.1. The minimum atomic E-state index is -0.363. The van der Waals surface area contributed by atoms with Crippen molar-refractivity contribution >= 4 is 55.3 Å². The van der Waals surface area contributed by atoms with Gasteiger partial charge in [0.05, 0.1) is 21.6 Å². The number of anilines is 3. The normalized spacial score (nSPS) is 11.3. The Bertz CT molecular complexity index is 2390. The highest BCUT2D eigenvalue weighted by Gasteiger charge is 2.20. The number of aromatic nitrogens is 1. The van der Waals surface area contributed by atoms with Crippen molar-refractivity contribution in [1.29, 1.82) is 0 Å². The average Bonchev–Trinajstić information content (AvgIpc) is 3.43. The summed E-state index contributed by atoms with van der Waals surface area (Å²) in [5.74, 6) is 0. The molecule has 1 heterocycles. The van der Waals surface area contributed by atoms with Crippen LogP contribution in [0.25, 0.3) is 49.4 Å². The maximum atomic E-state index is 11.3. The van der Waals surface area contributed by atoms with Gasteiger partial charge in [0.25, 0.3) is 5.69 Å². The van der Waals surface area contributed by atoms with Crippen LogP contribution in [-0.4, -0.2) is 9.49 Å². The van der Waals surface area contributed by atoms with E-state index >= 15 is 0 Å². The molecule has 0 amide bonds. The van der Waals surface area contributed by atoms with E-state index in [-0.39, 0.29) is 10.6 Å². The lowest BCUT2D eigenvalue weighted by Crippen LogP contribution is -2.10. The van der Waals surface area contributed by atoms with Crippen molar-refractivity contribution < 1.29 is 4.92 Å². The molecule has 0 N–H and O–H groups in total. The van der Waals surface area contributed by atoms with E-state index in [1.54, 1.807) is 12.1 Å². The van der Waals surface area contributed by atoms with Gasteiger partial charge in [0, 0.05) is 45.4 Å². The van der Waals surface area contributed by atoms with Crippen LogP contribution in [0.3, 0.4) is 0 Å². The number of nitro groups is 1. The number of hydrogen-bond donors (Lipinski definition) is 0. The number of benzene rings is 7. The zero-order valence-electron chi connectivity index (χ0n) is 25.2. The van der Waals surface area contributed by atoms with Crippen molar-refractivity contribution in [2.75, 3.05) is 4.90 Å². The van der Waals surface area contributed by atoms with E-state index in [0.717, 1.165) is 50.2 Å². The van der Waals surface area contributed by atoms with Crippen molar-refractivity contribution in [3.05, 3.63) is 173 Å². The molecule has 0 radical (unpaired) electrons. The molecular weight excluding hydrogens is 566 g/mol. The Morgan fingerprint density at radius 1 is 0.565 bits per heavy atom. The predicted octanol–water partition coefficient (Wildman–Crippen LogP) is 11.3. The van der Waals surface area contributed by atoms with Gasteiger partial charge in [-0.05, 0) is 90.2 Å². The smallest absolute Gasteiger partial charge is 0.269 e. The van der Waals surface area contributed by atoms with Crippen LogP contribution in [-0.2, 0) is 0 Å². The molecule has 8 rings (SSSR count). The second-order valence-electron chi connectivity index (χ2n) is 11.5. The molecule has 5 nitrogen and oxygen atoms in total. The number of nitro benzene ring substituents is 1. The Hall–Kier alpha value is -6.20. The summed E-state index contributed by atoms with van der Waals surface area (Å²) in [6.07, 6.45) is 0. The van der Waals surface area contributed by atoms with Gasteiger partial charge in [-0.2, -0.15) is 0 Å². The van der Waals surface area contributed by atoms with Gasteiger partial charge < -0.3 is 9.47 Å². The van der Waals surface area contributed by atoms with Gasteiger partial charge in [0.2, 0.25) is 0 Å². The highest BCUT2D eigenvalue weighted by molar-refractivity contribution is 6.12. The summed E-state index contributed by atoms with van der Waals surface area (Å²) >= 11 is 0. The van der Waals surface area contributed by atoms with Gasteiger partial charge in [-0.25, -0.2) is 0 Å². The molecule has 5 heteroatoms. The quantitative estimate of drug-likeness (QED) is 0.142. The number of hydrogen-bond acceptors (Lipinski definition) is 3. The zero-order chi connectivity index (χ0) is 31.2. The maximum Gasteiger partial charge on any atom is 0.269 e. The lowest BCUT2D eigenvalue weighted by molar-refractivity contribution is -0.384. The van der Waals surface area contributed by atoms with Crippen molar-refractivity contribution in [2.24, 2.45) is 0 Å². The molecule has 0 unspecified atom stereocenters. The minimum Gasteiger partial charge on any atom is -0.310 e. The van der Waals surface area contributed by atoms with Crippen LogP contribution in [0.5, 0.6) is 0 Å². The first kappa shape index (κ1) is 27.4. The molecule has 0 saturated heterocycles. The molecule has 220 valence electrons. The number of non-ortho nitro benzene ring substituents is 1. The Morgan fingerprint density at radius 2 is 1.20 bits per heavy atom. The average molecular weight is 596 g/mol. The summed E-state index contributed by atoms with van der Waals surface area (Å²) in [4.78, 5) is 13.3. The summed E-state index contributed by atoms with van der Waals surface area (Å²) in [7, 11) is 0. The Kier molecular flexibility index (Phi) is 6.58. The van der Waals surface area contributed by atoms with Crippen molar-refractivity contribution in [3.8, 4) is 16.8 Å². The van der Waals surface area contributed by atoms with E-state index in [0.29, 0.717) is 0 Å². The van der Waals surface area contributed by atoms with Gasteiger partial charge in [-0.15, -0.1) is 0 Å². The SMILES string of the molecule is Cc1ccc(N(c2ccc3c(c2)c2ccccc2n3-c2ccccc2)c2ccc(-c3ccc([N+](=O)[O-])cc3)c3ccccc23)cc1. The molecule has 46 heavy (non-hydrogen) atoms. The van der Waals surface area contributed by atoms with E-state index < -0.39 is 0 Å². The third-order valence-corrected chi connectivity index (χ3v) is 8.75. The van der Waals surface area contributed by atoms with Crippen molar-refractivity contribution in [2.45, 2.75) is 6.92 Å². The van der Waals surface area contributed by atoms with E-state index in [1.807, 2.05) is 24.3 Å². The van der Waals surface area contributed by atoms with Crippen LogP contribution in [0.4, 0.5) is 22.7 Å². The van der Waals surface area contributed by atoms with Crippen molar-refractivity contribution in [3.63, 3.8) is 0 Å². The lowest BCUT2D eigenvalue weighted by Gasteiger charge is -2.28. The van der Waals surface area contributed by atoms with Gasteiger partial charge in [-0.1, -0.05) is 84.4 Å². The van der Waals surface area contributed by atoms with E-state index in [4.69, 9.17) is 0 Å². The highest BCUT2D eigenvalue weighted by atomic mass is 16.6. The fourth-order valence-electron chi connectivity index (χ4n) is 6.57. The summed E-state index contributed by atoms with van der Waals surface area (Å²) in [6, 6.07) is 53.9. The molecule has 0 fully saturated rings. The number of para-hydroxylation sites is 2. The van der Waals surface area contributed by atoms with Crippen molar-refractivity contribution in [1.82, 2.24) is 4.57 Å². The first-order valence-electron chi connectivity index (χ1n) is 15.3. The summed E-state index contributed by atoms with van der Waals surface area (Å²) in [5, 5.41) is 15.8. The minimum absolute atomic E-state index is 0.0826. The number of nitrogens with zero attached hydrogens (tertiary/aromatic N) is 3. The first-order valence-corrected chi connectivity index (χ1v) is 15.3. The molecule has 0 saturated carbocycles. The Labute approximate surface area is 266 Å². The lowest BCUT2D eigenvalue weighted by atomic mass is 9.96. The van der Waals surface area contributed by atoms with Gasteiger partial charge in [0.1, 0.15) is 0 Å². The third kappa shape index (κ3) is 4.57. The summed E-state index contributed by atoms with van der Waals surface area (Å²) in [5.41, 5.74) is 9.86. The number of rotatable bonds is 6. The monoisotopic (exact) mass is 595 g/mol. The zero-order valence-corrected chi connectivity index (χ0v) is 25.2. The first-order chi connectivity index (χ1) is 22.6. The number of fused-ring (bicyclic) bond motifs is 4. The number of aryl methyl sites for hydroxylation is 1. The Morgan fingerprint density at radius 3 is 1.93 bits per heavy atom. The fraction of sp³-hybridized carbons (Fsp3) is 0.0244. The van der Waals surface area contributed by atoms with Crippen LogP contribution in [0.15, 0.2) is 158 Å². The van der Waals surface area contributed by atoms with Gasteiger partial charge >= 0.3 is 0 Å². The van der Waals surface area contributed by atoms with E-state index in [1.165, 1.54) is 21.9 Å². The molecule has 0 aliphatic carbocycles. The largest absolute Gasteiger partial charge is 0.310 e. The van der Waals surface area contributed by atoms with Crippen LogP contribution in [0, 0.1) is 17.0 Å². The fourth-order valence-corrected chi connectivity index (χ4v) is 6.57. The molecule has 0 atom stereocenters. The van der Waals surface area contributed by atoms with Crippen LogP contribution in [0.1, 0.15) is 5.56 Å². The molecule has 0 bridgehead atoms. The standard InChI is InChI=1S/C41H29N3O2/c1-28-15-19-31(20-16-28)42(40-26-24-34(35-11-5-6-12-36(35)40)29-17-21-32(22-18-29)44(45)46)33-23-25-41-38(27-33)37-13-7-8-14-39(37)43(41)30-9-3-2-4-10-30/h2-27H,1H3. The van der Waals surface area contributed by atoms with E-state index in [2.05, 4.69) is 138 Å². The molecule has 7 aromatic carbocycles. The third-order valence-electron chi connectivity index (χ3n) is 8.75. The molecular formula is C41H29N3O2. The van der Waals surface area contributed by atoms with Gasteiger partial charge in [0.15, 0.2) is 0 Å². The molecule has 0 aliphatic rings. The second-order valence-corrected chi connectivity index (χ2v) is 11.5. The molecule has 0 spiro atoms. The highest BCUT2D eigenvalue weighted by Crippen LogP contribution is 2.44. The summed E-state index contributed by atoms with van der Waals surface area (Å²) in [6.45, 7) is 2.10. The van der Waals surface area contributed by atoms with Crippen LogP contribution in [0.2, 0.25) is 0 Å². The molecule has 1 aromatic heterocycles. The maximum absolute atomic E-state index is 11.3. The van der Waals surface area contributed by atoms with Crippen LogP contribution >= 0.6 is 0 Å². The van der Waals surface area contributed by atoms with Gasteiger partial charge in [-0.3, -0.25) is 10.1 Å². The topological polar surface area (TPSA) is 51.3 Å².